The fourth-order valence-corrected chi connectivity index (χ4v) is 2.49. The summed E-state index contributed by atoms with van der Waals surface area (Å²) in [6.07, 6.45) is 0. The zero-order valence-corrected chi connectivity index (χ0v) is 13.0. The summed E-state index contributed by atoms with van der Waals surface area (Å²) < 4.78 is 46.8. The van der Waals surface area contributed by atoms with Crippen LogP contribution in [0.3, 0.4) is 0 Å². The van der Waals surface area contributed by atoms with Gasteiger partial charge in [-0.3, -0.25) is 9.78 Å². The van der Waals surface area contributed by atoms with Gasteiger partial charge in [-0.1, -0.05) is 6.07 Å². The zero-order valence-electron chi connectivity index (χ0n) is 13.0. The maximum absolute atomic E-state index is 14.0. The van der Waals surface area contributed by atoms with Gasteiger partial charge < -0.3 is 4.74 Å². The number of ether oxygens (including phenoxy) is 1. The molecule has 0 atom stereocenters. The van der Waals surface area contributed by atoms with E-state index in [0.717, 1.165) is 18.2 Å². The Labute approximate surface area is 140 Å². The molecule has 3 aromatic rings. The molecule has 0 saturated carbocycles. The Balaban J connectivity index is 2.09. The largest absolute Gasteiger partial charge is 0.473 e. The van der Waals surface area contributed by atoms with Crippen LogP contribution in [0.1, 0.15) is 16.7 Å². The fourth-order valence-electron chi connectivity index (χ4n) is 2.49. The van der Waals surface area contributed by atoms with E-state index in [1.54, 1.807) is 6.07 Å². The summed E-state index contributed by atoms with van der Waals surface area (Å²) in [6.45, 7) is 0.972. The first kappa shape index (κ1) is 16.6. The van der Waals surface area contributed by atoms with Crippen molar-refractivity contribution < 1.29 is 17.9 Å². The van der Waals surface area contributed by atoms with Gasteiger partial charge in [-0.2, -0.15) is 5.26 Å². The summed E-state index contributed by atoms with van der Waals surface area (Å²) >= 11 is 0. The first-order valence-corrected chi connectivity index (χ1v) is 7.24. The number of aryl methyl sites for hydroxylation is 1. The number of benzene rings is 2. The first-order valence-electron chi connectivity index (χ1n) is 7.24. The lowest BCUT2D eigenvalue weighted by Gasteiger charge is -2.12. The number of nitrogens with one attached hydrogen (secondary N) is 1. The second-order valence-electron chi connectivity index (χ2n) is 5.41. The molecule has 1 aromatic heterocycles. The van der Waals surface area contributed by atoms with E-state index in [4.69, 9.17) is 10.00 Å². The Morgan fingerprint density at radius 2 is 1.92 bits per heavy atom. The Kier molecular flexibility index (Phi) is 4.19. The number of hydrogen-bond acceptors (Lipinski definition) is 3. The van der Waals surface area contributed by atoms with E-state index in [9.17, 15) is 18.0 Å². The van der Waals surface area contributed by atoms with Crippen molar-refractivity contribution in [1.82, 2.24) is 4.98 Å². The van der Waals surface area contributed by atoms with Gasteiger partial charge in [0.25, 0.3) is 5.56 Å². The van der Waals surface area contributed by atoms with Crippen LogP contribution >= 0.6 is 0 Å². The summed E-state index contributed by atoms with van der Waals surface area (Å²) in [7, 11) is 0. The van der Waals surface area contributed by atoms with Crippen molar-refractivity contribution in [3.05, 3.63) is 74.8 Å². The highest BCUT2D eigenvalue weighted by Gasteiger charge is 2.16. The highest BCUT2D eigenvalue weighted by atomic mass is 19.1. The van der Waals surface area contributed by atoms with E-state index in [1.165, 1.54) is 19.1 Å². The molecule has 2 aromatic carbocycles. The molecule has 0 bridgehead atoms. The summed E-state index contributed by atoms with van der Waals surface area (Å²) in [5.41, 5.74) is -1.00. The monoisotopic (exact) mass is 344 g/mol. The predicted molar refractivity (Wildman–Crippen MR) is 84.7 cm³/mol. The summed E-state index contributed by atoms with van der Waals surface area (Å²) in [5, 5.41) is 9.40. The molecule has 0 spiro atoms. The standard InChI is InChI=1S/C18H11F3N2O2/c1-9-2-5-15(20)14(16(9)21)8-25-18-12-6-10(19)3-4-11(12)13(7-22)17(24)23-18/h2-6H,8H2,1H3,(H,23,24). The Bertz CT molecular complexity index is 1080. The van der Waals surface area contributed by atoms with Gasteiger partial charge in [0, 0.05) is 10.8 Å². The molecule has 0 aliphatic heterocycles. The topological polar surface area (TPSA) is 65.9 Å². The van der Waals surface area contributed by atoms with Crippen LogP contribution in [-0.2, 0) is 6.61 Å². The quantitative estimate of drug-likeness (QED) is 0.788. The molecule has 0 amide bonds. The number of fused-ring (bicyclic) bond motifs is 1. The Morgan fingerprint density at radius 3 is 2.64 bits per heavy atom. The van der Waals surface area contributed by atoms with Crippen molar-refractivity contribution in [3.63, 3.8) is 0 Å². The molecular formula is C18H11F3N2O2. The van der Waals surface area contributed by atoms with Gasteiger partial charge in [-0.25, -0.2) is 13.2 Å². The normalized spacial score (nSPS) is 10.7. The molecule has 0 aliphatic carbocycles. The lowest BCUT2D eigenvalue weighted by Crippen LogP contribution is -2.14. The van der Waals surface area contributed by atoms with E-state index in [2.05, 4.69) is 4.98 Å². The number of hydrogen-bond donors (Lipinski definition) is 1. The van der Waals surface area contributed by atoms with E-state index in [-0.39, 0.29) is 33.3 Å². The molecule has 0 saturated heterocycles. The van der Waals surface area contributed by atoms with Gasteiger partial charge in [0.05, 0.1) is 5.56 Å². The number of pyridine rings is 1. The van der Waals surface area contributed by atoms with Crippen molar-refractivity contribution in [2.24, 2.45) is 0 Å². The van der Waals surface area contributed by atoms with Crippen LogP contribution < -0.4 is 10.3 Å². The van der Waals surface area contributed by atoms with E-state index in [0.29, 0.717) is 0 Å². The molecular weight excluding hydrogens is 333 g/mol. The molecule has 126 valence electrons. The molecule has 25 heavy (non-hydrogen) atoms. The molecule has 0 radical (unpaired) electrons. The molecule has 3 rings (SSSR count). The SMILES string of the molecule is Cc1ccc(F)c(COc2[nH]c(=O)c(C#N)c3ccc(F)cc23)c1F. The molecule has 4 nitrogen and oxygen atoms in total. The molecule has 0 unspecified atom stereocenters. The van der Waals surface area contributed by atoms with Crippen LogP contribution in [-0.4, -0.2) is 4.98 Å². The number of rotatable bonds is 3. The maximum Gasteiger partial charge on any atom is 0.269 e. The van der Waals surface area contributed by atoms with Gasteiger partial charge in [0.1, 0.15) is 35.7 Å². The lowest BCUT2D eigenvalue weighted by atomic mass is 10.1. The van der Waals surface area contributed by atoms with Crippen molar-refractivity contribution in [2.45, 2.75) is 13.5 Å². The minimum Gasteiger partial charge on any atom is -0.473 e. The number of aromatic amines is 1. The van der Waals surface area contributed by atoms with Gasteiger partial charge in [-0.15, -0.1) is 0 Å². The third-order valence-electron chi connectivity index (χ3n) is 3.80. The van der Waals surface area contributed by atoms with Crippen molar-refractivity contribution >= 4 is 10.8 Å². The highest BCUT2D eigenvalue weighted by Crippen LogP contribution is 2.26. The van der Waals surface area contributed by atoms with Crippen molar-refractivity contribution in [1.29, 1.82) is 5.26 Å². The van der Waals surface area contributed by atoms with E-state index in [1.807, 2.05) is 0 Å². The third-order valence-corrected chi connectivity index (χ3v) is 3.80. The molecule has 1 N–H and O–H groups in total. The van der Waals surface area contributed by atoms with Crippen LogP contribution in [0.5, 0.6) is 5.88 Å². The fraction of sp³-hybridized carbons (Fsp3) is 0.111. The maximum atomic E-state index is 14.0. The van der Waals surface area contributed by atoms with Crippen LogP contribution in [0.2, 0.25) is 0 Å². The minimum atomic E-state index is -0.797. The average molecular weight is 344 g/mol. The minimum absolute atomic E-state index is 0.129. The van der Waals surface area contributed by atoms with Crippen LogP contribution in [0, 0.1) is 35.7 Å². The van der Waals surface area contributed by atoms with Crippen LogP contribution in [0.25, 0.3) is 10.8 Å². The number of aromatic nitrogens is 1. The molecule has 0 aliphatic rings. The first-order chi connectivity index (χ1) is 11.9. The Morgan fingerprint density at radius 1 is 1.16 bits per heavy atom. The molecule has 7 heteroatoms. The van der Waals surface area contributed by atoms with Gasteiger partial charge >= 0.3 is 0 Å². The van der Waals surface area contributed by atoms with Crippen LogP contribution in [0.4, 0.5) is 13.2 Å². The van der Waals surface area contributed by atoms with Crippen molar-refractivity contribution in [2.75, 3.05) is 0 Å². The average Bonchev–Trinajstić information content (AvgIpc) is 2.58. The lowest BCUT2D eigenvalue weighted by molar-refractivity contribution is 0.284. The molecule has 1 heterocycles. The van der Waals surface area contributed by atoms with Crippen molar-refractivity contribution in [3.8, 4) is 11.9 Å². The Hall–Kier alpha value is -3.27. The number of nitriles is 1. The second-order valence-corrected chi connectivity index (χ2v) is 5.41. The zero-order chi connectivity index (χ0) is 18.1. The number of nitrogens with zero attached hydrogens (tertiary/aromatic N) is 1. The predicted octanol–water partition coefficient (Wildman–Crippen LogP) is 3.70. The summed E-state index contributed by atoms with van der Waals surface area (Å²) in [5.74, 6) is -2.33. The summed E-state index contributed by atoms with van der Waals surface area (Å²) in [4.78, 5) is 14.3. The van der Waals surface area contributed by atoms with Gasteiger partial charge in [0.15, 0.2) is 0 Å². The summed E-state index contributed by atoms with van der Waals surface area (Å²) in [6, 6.07) is 7.60. The smallest absolute Gasteiger partial charge is 0.269 e. The van der Waals surface area contributed by atoms with E-state index >= 15 is 0 Å². The molecule has 0 fully saturated rings. The van der Waals surface area contributed by atoms with Crippen LogP contribution in [0.15, 0.2) is 35.1 Å². The number of H-pyrrole nitrogens is 1. The van der Waals surface area contributed by atoms with Gasteiger partial charge in [0.2, 0.25) is 5.88 Å². The van der Waals surface area contributed by atoms with Gasteiger partial charge in [-0.05, 0) is 36.8 Å². The number of halogens is 3. The third kappa shape index (κ3) is 2.94. The van der Waals surface area contributed by atoms with E-state index < -0.39 is 29.6 Å². The highest BCUT2D eigenvalue weighted by molar-refractivity contribution is 5.91. The second kappa shape index (κ2) is 6.32.